The SMILES string of the molecule is O=C(c1cccc([N+](=O)[O-])c1)N1CCC[C@H](C(=O)N2CCCCCC2)C1. The number of amides is 2. The molecule has 0 aliphatic carbocycles. The Bertz CT molecular complexity index is 683. The number of nitro benzene ring substituents is 1. The molecule has 2 amide bonds. The van der Waals surface area contributed by atoms with Gasteiger partial charge in [-0.1, -0.05) is 18.9 Å². The van der Waals surface area contributed by atoms with Crippen LogP contribution in [0.5, 0.6) is 0 Å². The maximum absolute atomic E-state index is 12.9. The standard InChI is InChI=1S/C19H25N3O4/c23-18(15-7-5-9-17(13-15)22(25)26)21-12-6-8-16(14-21)19(24)20-10-3-1-2-4-11-20/h5,7,9,13,16H,1-4,6,8,10-12,14H2/t16-/m0/s1. The number of hydrogen-bond acceptors (Lipinski definition) is 4. The molecule has 0 spiro atoms. The molecular weight excluding hydrogens is 334 g/mol. The van der Waals surface area contributed by atoms with Crippen molar-refractivity contribution in [3.63, 3.8) is 0 Å². The Morgan fingerprint density at radius 2 is 1.69 bits per heavy atom. The molecule has 26 heavy (non-hydrogen) atoms. The Morgan fingerprint density at radius 1 is 1.00 bits per heavy atom. The molecule has 0 radical (unpaired) electrons. The van der Waals surface area contributed by atoms with E-state index in [0.29, 0.717) is 18.7 Å². The summed E-state index contributed by atoms with van der Waals surface area (Å²) >= 11 is 0. The summed E-state index contributed by atoms with van der Waals surface area (Å²) in [6.45, 7) is 2.62. The van der Waals surface area contributed by atoms with E-state index in [1.165, 1.54) is 31.0 Å². The quantitative estimate of drug-likeness (QED) is 0.614. The molecule has 2 fully saturated rings. The summed E-state index contributed by atoms with van der Waals surface area (Å²) in [6, 6.07) is 5.80. The molecule has 2 saturated heterocycles. The van der Waals surface area contributed by atoms with Crippen LogP contribution in [0.25, 0.3) is 0 Å². The average molecular weight is 359 g/mol. The second-order valence-electron chi connectivity index (χ2n) is 7.14. The summed E-state index contributed by atoms with van der Waals surface area (Å²) in [5, 5.41) is 10.9. The van der Waals surface area contributed by atoms with Crippen molar-refractivity contribution in [1.29, 1.82) is 0 Å². The summed E-state index contributed by atoms with van der Waals surface area (Å²) in [7, 11) is 0. The third-order valence-corrected chi connectivity index (χ3v) is 5.28. The van der Waals surface area contributed by atoms with Gasteiger partial charge in [-0.15, -0.1) is 0 Å². The highest BCUT2D eigenvalue weighted by Crippen LogP contribution is 2.23. The Labute approximate surface area is 153 Å². The first-order valence-corrected chi connectivity index (χ1v) is 9.39. The molecule has 0 bridgehead atoms. The molecule has 2 aliphatic heterocycles. The lowest BCUT2D eigenvalue weighted by Gasteiger charge is -2.34. The first kappa shape index (κ1) is 18.4. The molecule has 0 aromatic heterocycles. The number of nitro groups is 1. The zero-order chi connectivity index (χ0) is 18.5. The lowest BCUT2D eigenvalue weighted by molar-refractivity contribution is -0.384. The van der Waals surface area contributed by atoms with Crippen molar-refractivity contribution in [2.45, 2.75) is 38.5 Å². The zero-order valence-electron chi connectivity index (χ0n) is 14.9. The maximum atomic E-state index is 12.9. The summed E-state index contributed by atoms with van der Waals surface area (Å²) in [5.41, 5.74) is 0.215. The van der Waals surface area contributed by atoms with E-state index in [1.807, 2.05) is 4.90 Å². The van der Waals surface area contributed by atoms with Crippen LogP contribution in [0.4, 0.5) is 5.69 Å². The molecular formula is C19H25N3O4. The van der Waals surface area contributed by atoms with Crippen LogP contribution in [0.15, 0.2) is 24.3 Å². The number of carbonyl (C=O) groups is 2. The first-order chi connectivity index (χ1) is 12.6. The number of likely N-dealkylation sites (tertiary alicyclic amines) is 2. The van der Waals surface area contributed by atoms with E-state index < -0.39 is 4.92 Å². The summed E-state index contributed by atoms with van der Waals surface area (Å²) < 4.78 is 0. The van der Waals surface area contributed by atoms with Crippen molar-refractivity contribution in [3.05, 3.63) is 39.9 Å². The van der Waals surface area contributed by atoms with Gasteiger partial charge in [-0.05, 0) is 31.7 Å². The molecule has 140 valence electrons. The molecule has 0 saturated carbocycles. The largest absolute Gasteiger partial charge is 0.342 e. The van der Waals surface area contributed by atoms with Gasteiger partial charge in [-0.2, -0.15) is 0 Å². The Kier molecular flexibility index (Phi) is 5.85. The van der Waals surface area contributed by atoms with Gasteiger partial charge < -0.3 is 9.80 Å². The van der Waals surface area contributed by atoms with Crippen LogP contribution < -0.4 is 0 Å². The molecule has 1 aromatic rings. The van der Waals surface area contributed by atoms with Crippen molar-refractivity contribution in [1.82, 2.24) is 9.80 Å². The van der Waals surface area contributed by atoms with Gasteiger partial charge in [0.15, 0.2) is 0 Å². The second kappa shape index (κ2) is 8.29. The van der Waals surface area contributed by atoms with E-state index in [4.69, 9.17) is 0 Å². The Morgan fingerprint density at radius 3 is 2.38 bits per heavy atom. The number of benzene rings is 1. The number of hydrogen-bond donors (Lipinski definition) is 0. The normalized spacial score (nSPS) is 21.2. The van der Waals surface area contributed by atoms with Gasteiger partial charge in [0.25, 0.3) is 11.6 Å². The van der Waals surface area contributed by atoms with Gasteiger partial charge in [-0.3, -0.25) is 19.7 Å². The monoisotopic (exact) mass is 359 g/mol. The fraction of sp³-hybridized carbons (Fsp3) is 0.579. The summed E-state index contributed by atoms with van der Waals surface area (Å²) in [5.74, 6) is -0.241. The van der Waals surface area contributed by atoms with Crippen LogP contribution in [0.1, 0.15) is 48.9 Å². The summed E-state index contributed by atoms with van der Waals surface area (Å²) in [4.78, 5) is 39.7. The fourth-order valence-electron chi connectivity index (χ4n) is 3.85. The van der Waals surface area contributed by atoms with Crippen molar-refractivity contribution in [2.75, 3.05) is 26.2 Å². The summed E-state index contributed by atoms with van der Waals surface area (Å²) in [6.07, 6.45) is 6.03. The van der Waals surface area contributed by atoms with E-state index in [-0.39, 0.29) is 23.4 Å². The maximum Gasteiger partial charge on any atom is 0.270 e. The number of rotatable bonds is 3. The predicted octanol–water partition coefficient (Wildman–Crippen LogP) is 2.85. The molecule has 7 heteroatoms. The minimum absolute atomic E-state index is 0.0925. The molecule has 2 heterocycles. The topological polar surface area (TPSA) is 83.8 Å². The smallest absolute Gasteiger partial charge is 0.270 e. The van der Waals surface area contributed by atoms with Gasteiger partial charge in [0.05, 0.1) is 10.8 Å². The minimum atomic E-state index is -0.501. The zero-order valence-corrected chi connectivity index (χ0v) is 14.9. The molecule has 0 N–H and O–H groups in total. The van der Waals surface area contributed by atoms with Gasteiger partial charge in [0.2, 0.25) is 5.91 Å². The van der Waals surface area contributed by atoms with Crippen molar-refractivity contribution >= 4 is 17.5 Å². The van der Waals surface area contributed by atoms with Gasteiger partial charge in [-0.25, -0.2) is 0 Å². The number of piperidine rings is 1. The number of non-ortho nitro benzene ring substituents is 1. The van der Waals surface area contributed by atoms with Gasteiger partial charge in [0.1, 0.15) is 0 Å². The highest BCUT2D eigenvalue weighted by Gasteiger charge is 2.32. The van der Waals surface area contributed by atoms with Crippen LogP contribution in [0.3, 0.4) is 0 Å². The number of nitrogens with zero attached hydrogens (tertiary/aromatic N) is 3. The molecule has 1 aromatic carbocycles. The van der Waals surface area contributed by atoms with Crippen LogP contribution in [0.2, 0.25) is 0 Å². The second-order valence-corrected chi connectivity index (χ2v) is 7.14. The molecule has 2 aliphatic rings. The molecule has 0 unspecified atom stereocenters. The van der Waals surface area contributed by atoms with Crippen LogP contribution >= 0.6 is 0 Å². The Hall–Kier alpha value is -2.44. The molecule has 7 nitrogen and oxygen atoms in total. The lowest BCUT2D eigenvalue weighted by atomic mass is 9.95. The van der Waals surface area contributed by atoms with E-state index in [0.717, 1.165) is 38.8 Å². The number of carbonyl (C=O) groups excluding carboxylic acids is 2. The van der Waals surface area contributed by atoms with Gasteiger partial charge in [0, 0.05) is 43.9 Å². The fourth-order valence-corrected chi connectivity index (χ4v) is 3.85. The van der Waals surface area contributed by atoms with Crippen molar-refractivity contribution in [3.8, 4) is 0 Å². The minimum Gasteiger partial charge on any atom is -0.342 e. The predicted molar refractivity (Wildman–Crippen MR) is 96.8 cm³/mol. The van der Waals surface area contributed by atoms with Crippen molar-refractivity contribution in [2.24, 2.45) is 5.92 Å². The average Bonchev–Trinajstić information content (AvgIpc) is 2.96. The highest BCUT2D eigenvalue weighted by molar-refractivity contribution is 5.95. The lowest BCUT2D eigenvalue weighted by Crippen LogP contribution is -2.47. The third-order valence-electron chi connectivity index (χ3n) is 5.28. The van der Waals surface area contributed by atoms with Crippen LogP contribution in [-0.4, -0.2) is 52.7 Å². The highest BCUT2D eigenvalue weighted by atomic mass is 16.6. The van der Waals surface area contributed by atoms with E-state index in [1.54, 1.807) is 11.0 Å². The molecule has 1 atom stereocenters. The van der Waals surface area contributed by atoms with Crippen LogP contribution in [0, 0.1) is 16.0 Å². The molecule has 3 rings (SSSR count). The van der Waals surface area contributed by atoms with E-state index in [9.17, 15) is 19.7 Å². The van der Waals surface area contributed by atoms with Crippen molar-refractivity contribution < 1.29 is 14.5 Å². The first-order valence-electron chi connectivity index (χ1n) is 9.39. The Balaban J connectivity index is 1.67. The van der Waals surface area contributed by atoms with Gasteiger partial charge >= 0.3 is 0 Å². The van der Waals surface area contributed by atoms with Crippen LogP contribution in [-0.2, 0) is 4.79 Å². The van der Waals surface area contributed by atoms with E-state index in [2.05, 4.69) is 0 Å². The van der Waals surface area contributed by atoms with E-state index >= 15 is 0 Å². The third kappa shape index (κ3) is 4.20.